The summed E-state index contributed by atoms with van der Waals surface area (Å²) in [7, 11) is 0. The molecule has 0 saturated heterocycles. The Balaban J connectivity index is 2.04. The average molecular weight is 262 g/mol. The Kier molecular flexibility index (Phi) is 4.25. The summed E-state index contributed by atoms with van der Waals surface area (Å²) in [6.07, 6.45) is 5.02. The Morgan fingerprint density at radius 3 is 3.00 bits per heavy atom. The molecule has 94 valence electrons. The van der Waals surface area contributed by atoms with Gasteiger partial charge in [0.15, 0.2) is 0 Å². The van der Waals surface area contributed by atoms with Crippen LogP contribution in [0.3, 0.4) is 0 Å². The first-order valence-corrected chi connectivity index (χ1v) is 6.52. The van der Waals surface area contributed by atoms with Crippen LogP contribution < -0.4 is 10.6 Å². The van der Waals surface area contributed by atoms with Gasteiger partial charge in [-0.2, -0.15) is 0 Å². The van der Waals surface area contributed by atoms with Crippen LogP contribution in [0.25, 0.3) is 0 Å². The molecule has 0 aromatic carbocycles. The Morgan fingerprint density at radius 2 is 2.28 bits per heavy atom. The van der Waals surface area contributed by atoms with Crippen LogP contribution in [0, 0.1) is 0 Å². The van der Waals surface area contributed by atoms with Crippen LogP contribution in [0.4, 0.5) is 5.69 Å². The molecule has 0 saturated carbocycles. The fourth-order valence-corrected chi connectivity index (χ4v) is 2.05. The number of anilines is 1. The highest BCUT2D eigenvalue weighted by atomic mass is 32.1. The van der Waals surface area contributed by atoms with Crippen molar-refractivity contribution in [3.63, 3.8) is 0 Å². The Bertz CT molecular complexity index is 513. The van der Waals surface area contributed by atoms with Gasteiger partial charge in [0.25, 0.3) is 5.91 Å². The minimum absolute atomic E-state index is 0.109. The molecule has 6 heteroatoms. The molecule has 2 heterocycles. The smallest absolute Gasteiger partial charge is 0.253 e. The number of nitrogens with one attached hydrogen (secondary N) is 2. The maximum Gasteiger partial charge on any atom is 0.253 e. The summed E-state index contributed by atoms with van der Waals surface area (Å²) in [6, 6.07) is 1.71. The van der Waals surface area contributed by atoms with Crippen molar-refractivity contribution in [2.45, 2.75) is 13.5 Å². The van der Waals surface area contributed by atoms with Crippen molar-refractivity contribution in [2.75, 3.05) is 11.9 Å². The van der Waals surface area contributed by atoms with E-state index in [-0.39, 0.29) is 5.91 Å². The van der Waals surface area contributed by atoms with Crippen molar-refractivity contribution in [1.29, 1.82) is 0 Å². The van der Waals surface area contributed by atoms with Gasteiger partial charge in [-0.15, -0.1) is 11.3 Å². The van der Waals surface area contributed by atoms with E-state index in [1.807, 2.05) is 6.92 Å². The lowest BCUT2D eigenvalue weighted by Crippen LogP contribution is -2.23. The second-order valence-electron chi connectivity index (χ2n) is 3.60. The normalized spacial score (nSPS) is 10.1. The molecule has 0 spiro atoms. The molecule has 2 aromatic rings. The second kappa shape index (κ2) is 6.11. The van der Waals surface area contributed by atoms with E-state index in [4.69, 9.17) is 0 Å². The highest BCUT2D eigenvalue weighted by Crippen LogP contribution is 2.13. The maximum absolute atomic E-state index is 12.0. The lowest BCUT2D eigenvalue weighted by Gasteiger charge is -2.09. The number of rotatable bonds is 5. The van der Waals surface area contributed by atoms with Crippen molar-refractivity contribution < 1.29 is 4.79 Å². The first-order chi connectivity index (χ1) is 8.81. The quantitative estimate of drug-likeness (QED) is 0.863. The molecule has 0 unspecified atom stereocenters. The monoisotopic (exact) mass is 262 g/mol. The molecular weight excluding hydrogens is 248 g/mol. The van der Waals surface area contributed by atoms with Gasteiger partial charge in [-0.3, -0.25) is 14.8 Å². The van der Waals surface area contributed by atoms with Gasteiger partial charge in [0, 0.05) is 23.8 Å². The number of hydrogen-bond acceptors (Lipinski definition) is 5. The third-order valence-corrected chi connectivity index (χ3v) is 3.12. The van der Waals surface area contributed by atoms with Crippen LogP contribution in [-0.4, -0.2) is 22.4 Å². The van der Waals surface area contributed by atoms with E-state index in [1.54, 1.807) is 30.2 Å². The number of aromatic nitrogens is 2. The lowest BCUT2D eigenvalue weighted by atomic mass is 10.2. The van der Waals surface area contributed by atoms with Crippen molar-refractivity contribution in [3.05, 3.63) is 40.6 Å². The number of hydrogen-bond donors (Lipinski definition) is 2. The minimum atomic E-state index is -0.109. The zero-order chi connectivity index (χ0) is 12.8. The van der Waals surface area contributed by atoms with Gasteiger partial charge in [-0.05, 0) is 13.0 Å². The molecule has 2 aromatic heterocycles. The minimum Gasteiger partial charge on any atom is -0.383 e. The molecule has 2 rings (SSSR count). The Hall–Kier alpha value is -1.95. The van der Waals surface area contributed by atoms with Gasteiger partial charge in [0.1, 0.15) is 0 Å². The largest absolute Gasteiger partial charge is 0.383 e. The Morgan fingerprint density at radius 1 is 1.39 bits per heavy atom. The number of amides is 1. The van der Waals surface area contributed by atoms with Gasteiger partial charge in [-0.25, -0.2) is 0 Å². The predicted octanol–water partition coefficient (Wildman–Crippen LogP) is 1.90. The van der Waals surface area contributed by atoms with Crippen LogP contribution in [0.15, 0.2) is 30.2 Å². The summed E-state index contributed by atoms with van der Waals surface area (Å²) >= 11 is 1.52. The highest BCUT2D eigenvalue weighted by Gasteiger charge is 2.10. The first-order valence-electron chi connectivity index (χ1n) is 5.64. The molecule has 2 N–H and O–H groups in total. The van der Waals surface area contributed by atoms with Crippen LogP contribution in [0.1, 0.15) is 22.2 Å². The molecule has 18 heavy (non-hydrogen) atoms. The zero-order valence-electron chi connectivity index (χ0n) is 10.0. The van der Waals surface area contributed by atoms with Gasteiger partial charge in [-0.1, -0.05) is 0 Å². The number of nitrogens with zero attached hydrogens (tertiary/aromatic N) is 2. The van der Waals surface area contributed by atoms with E-state index < -0.39 is 0 Å². The standard InChI is InChI=1S/C12H14N4OS/c1-2-15-11-7-13-4-3-10(11)12(17)16-6-9-5-14-8-18-9/h3-5,7-8,15H,2,6H2,1H3,(H,16,17). The molecule has 0 bridgehead atoms. The van der Waals surface area contributed by atoms with E-state index in [2.05, 4.69) is 20.6 Å². The van der Waals surface area contributed by atoms with Crippen LogP contribution >= 0.6 is 11.3 Å². The van der Waals surface area contributed by atoms with Crippen molar-refractivity contribution in [3.8, 4) is 0 Å². The summed E-state index contributed by atoms with van der Waals surface area (Å²) in [4.78, 5) is 21.0. The summed E-state index contributed by atoms with van der Waals surface area (Å²) in [6.45, 7) is 3.23. The Labute approximate surface area is 109 Å². The van der Waals surface area contributed by atoms with Crippen molar-refractivity contribution in [2.24, 2.45) is 0 Å². The van der Waals surface area contributed by atoms with Crippen molar-refractivity contribution in [1.82, 2.24) is 15.3 Å². The molecular formula is C12H14N4OS. The molecule has 0 aliphatic heterocycles. The lowest BCUT2D eigenvalue weighted by molar-refractivity contribution is 0.0952. The number of carbonyl (C=O) groups is 1. The van der Waals surface area contributed by atoms with Gasteiger partial charge in [0.2, 0.25) is 0 Å². The number of carbonyl (C=O) groups excluding carboxylic acids is 1. The van der Waals surface area contributed by atoms with E-state index in [0.29, 0.717) is 12.1 Å². The molecule has 0 radical (unpaired) electrons. The van der Waals surface area contributed by atoms with Gasteiger partial charge >= 0.3 is 0 Å². The number of pyridine rings is 1. The number of thiazole rings is 1. The van der Waals surface area contributed by atoms with Crippen molar-refractivity contribution >= 4 is 22.9 Å². The molecule has 1 amide bonds. The second-order valence-corrected chi connectivity index (χ2v) is 4.57. The summed E-state index contributed by atoms with van der Waals surface area (Å²) in [5, 5.41) is 5.98. The van der Waals surface area contributed by atoms with E-state index in [9.17, 15) is 4.79 Å². The average Bonchev–Trinajstić information content (AvgIpc) is 2.90. The van der Waals surface area contributed by atoms with Crippen LogP contribution in [0.2, 0.25) is 0 Å². The third-order valence-electron chi connectivity index (χ3n) is 2.34. The first kappa shape index (κ1) is 12.5. The summed E-state index contributed by atoms with van der Waals surface area (Å²) in [5.41, 5.74) is 3.11. The zero-order valence-corrected chi connectivity index (χ0v) is 10.8. The SMILES string of the molecule is CCNc1cnccc1C(=O)NCc1cncs1. The maximum atomic E-state index is 12.0. The fourth-order valence-electron chi connectivity index (χ4n) is 1.52. The van der Waals surface area contributed by atoms with E-state index >= 15 is 0 Å². The van der Waals surface area contributed by atoms with Crippen LogP contribution in [0.5, 0.6) is 0 Å². The highest BCUT2D eigenvalue weighted by molar-refractivity contribution is 7.09. The van der Waals surface area contributed by atoms with E-state index in [1.165, 1.54) is 11.3 Å². The molecule has 0 aliphatic rings. The van der Waals surface area contributed by atoms with Gasteiger partial charge in [0.05, 0.1) is 29.5 Å². The summed E-state index contributed by atoms with van der Waals surface area (Å²) in [5.74, 6) is -0.109. The van der Waals surface area contributed by atoms with Gasteiger partial charge < -0.3 is 10.6 Å². The topological polar surface area (TPSA) is 66.9 Å². The molecule has 0 aliphatic carbocycles. The summed E-state index contributed by atoms with van der Waals surface area (Å²) < 4.78 is 0. The molecule has 5 nitrogen and oxygen atoms in total. The molecule has 0 atom stereocenters. The van der Waals surface area contributed by atoms with E-state index in [0.717, 1.165) is 17.1 Å². The molecule has 0 fully saturated rings. The third kappa shape index (κ3) is 3.04. The fraction of sp³-hybridized carbons (Fsp3) is 0.250. The predicted molar refractivity (Wildman–Crippen MR) is 71.7 cm³/mol. The van der Waals surface area contributed by atoms with Crippen LogP contribution in [-0.2, 0) is 6.54 Å².